The smallest absolute Gasteiger partial charge is 0.338 e. The van der Waals surface area contributed by atoms with E-state index < -0.39 is 47.3 Å². The van der Waals surface area contributed by atoms with Gasteiger partial charge in [-0.3, -0.25) is 0 Å². The van der Waals surface area contributed by atoms with E-state index >= 15 is 0 Å². The van der Waals surface area contributed by atoms with Gasteiger partial charge in [0.05, 0.1) is 22.8 Å². The number of halogens is 1. The Morgan fingerprint density at radius 2 is 0.943 bits per heavy atom. The number of hydrogen-bond donors (Lipinski definition) is 0. The molecule has 3 aromatic rings. The van der Waals surface area contributed by atoms with Crippen molar-refractivity contribution < 1.29 is 33.3 Å². The lowest BCUT2D eigenvalue weighted by Gasteiger charge is -2.42. The Morgan fingerprint density at radius 1 is 0.600 bits per heavy atom. The molecule has 4 rings (SSSR count). The van der Waals surface area contributed by atoms with E-state index in [1.54, 1.807) is 97.9 Å². The van der Waals surface area contributed by atoms with Crippen LogP contribution in [0.1, 0.15) is 38.0 Å². The molecule has 0 aromatic heterocycles. The lowest BCUT2D eigenvalue weighted by molar-refractivity contribution is -0.193. The first-order valence-corrected chi connectivity index (χ1v) is 11.9. The number of alkyl halides is 1. The van der Waals surface area contributed by atoms with Crippen molar-refractivity contribution in [3.05, 3.63) is 108 Å². The van der Waals surface area contributed by atoms with Gasteiger partial charge in [0.2, 0.25) is 0 Å². The minimum Gasteiger partial charge on any atom is -0.452 e. The largest absolute Gasteiger partial charge is 0.452 e. The van der Waals surface area contributed by atoms with Crippen molar-refractivity contribution in [2.24, 2.45) is 0 Å². The minimum absolute atomic E-state index is 0.305. The number of carbonyl (C=O) groups excluding carboxylic acids is 3. The maximum Gasteiger partial charge on any atom is 0.338 e. The SMILES string of the molecule is CC1O[C@@H](Br)C(OC(=O)c2ccccc2)[C@H](OC(=O)c2ccccc2)[C@H]1OC(=O)c1ccccc1. The zero-order valence-electron chi connectivity index (χ0n) is 18.8. The Kier molecular flexibility index (Phi) is 7.94. The molecule has 5 atom stereocenters. The molecule has 0 N–H and O–H groups in total. The first-order chi connectivity index (χ1) is 16.9. The van der Waals surface area contributed by atoms with Crippen molar-refractivity contribution in [1.82, 2.24) is 0 Å². The van der Waals surface area contributed by atoms with Gasteiger partial charge in [0.1, 0.15) is 0 Å². The lowest BCUT2D eigenvalue weighted by Crippen LogP contribution is -2.59. The summed E-state index contributed by atoms with van der Waals surface area (Å²) in [6, 6.07) is 25.2. The van der Waals surface area contributed by atoms with E-state index in [0.29, 0.717) is 16.7 Å². The molecular formula is C27H23BrO7. The summed E-state index contributed by atoms with van der Waals surface area (Å²) < 4.78 is 23.2. The van der Waals surface area contributed by atoms with Crippen LogP contribution >= 0.6 is 15.9 Å². The number of esters is 3. The highest BCUT2D eigenvalue weighted by atomic mass is 79.9. The van der Waals surface area contributed by atoms with Crippen molar-refractivity contribution >= 4 is 33.8 Å². The van der Waals surface area contributed by atoms with Gasteiger partial charge in [-0.05, 0) is 43.3 Å². The average molecular weight is 539 g/mol. The molecule has 3 aromatic carbocycles. The van der Waals surface area contributed by atoms with E-state index in [1.807, 2.05) is 0 Å². The first-order valence-electron chi connectivity index (χ1n) is 11.0. The Labute approximate surface area is 211 Å². The predicted octanol–water partition coefficient (Wildman–Crippen LogP) is 4.80. The van der Waals surface area contributed by atoms with E-state index in [4.69, 9.17) is 18.9 Å². The fourth-order valence-electron chi connectivity index (χ4n) is 3.68. The number of hydrogen-bond acceptors (Lipinski definition) is 7. The Balaban J connectivity index is 1.63. The van der Waals surface area contributed by atoms with Crippen LogP contribution in [0, 0.1) is 0 Å². The zero-order valence-corrected chi connectivity index (χ0v) is 20.4. The molecule has 0 spiro atoms. The topological polar surface area (TPSA) is 88.1 Å². The van der Waals surface area contributed by atoms with Gasteiger partial charge in [-0.2, -0.15) is 0 Å². The van der Waals surface area contributed by atoms with Crippen LogP contribution in [-0.4, -0.2) is 47.3 Å². The standard InChI is InChI=1S/C27H23BrO7/c1-17-21(33-25(29)18-11-5-2-6-12-18)22(34-26(30)19-13-7-3-8-14-19)23(24(28)32-17)35-27(31)20-15-9-4-10-16-20/h2-17,21-24H,1H3/t17?,21-,22+,23?,24+/m0/s1. The molecule has 0 aliphatic carbocycles. The minimum atomic E-state index is -1.14. The van der Waals surface area contributed by atoms with Crippen LogP contribution in [0.4, 0.5) is 0 Å². The van der Waals surface area contributed by atoms with Gasteiger partial charge >= 0.3 is 17.9 Å². The van der Waals surface area contributed by atoms with Crippen molar-refractivity contribution in [2.75, 3.05) is 0 Å². The second kappa shape index (κ2) is 11.3. The van der Waals surface area contributed by atoms with E-state index in [0.717, 1.165) is 0 Å². The molecule has 180 valence electrons. The second-order valence-corrected chi connectivity index (χ2v) is 8.80. The highest BCUT2D eigenvalue weighted by Crippen LogP contribution is 2.32. The predicted molar refractivity (Wildman–Crippen MR) is 130 cm³/mol. The van der Waals surface area contributed by atoms with Crippen LogP contribution in [0.15, 0.2) is 91.0 Å². The van der Waals surface area contributed by atoms with E-state index in [1.165, 1.54) is 0 Å². The molecule has 8 heteroatoms. The van der Waals surface area contributed by atoms with Crippen LogP contribution in [0.25, 0.3) is 0 Å². The van der Waals surface area contributed by atoms with Crippen LogP contribution in [0.3, 0.4) is 0 Å². The molecule has 7 nitrogen and oxygen atoms in total. The van der Waals surface area contributed by atoms with Gasteiger partial charge in [0.25, 0.3) is 0 Å². The third-order valence-electron chi connectivity index (χ3n) is 5.47. The van der Waals surface area contributed by atoms with Crippen LogP contribution < -0.4 is 0 Å². The highest BCUT2D eigenvalue weighted by molar-refractivity contribution is 9.09. The summed E-state index contributed by atoms with van der Waals surface area (Å²) in [5, 5.41) is -0.814. The van der Waals surface area contributed by atoms with Gasteiger partial charge in [-0.25, -0.2) is 14.4 Å². The normalized spacial score (nSPS) is 23.7. The number of carbonyl (C=O) groups is 3. The second-order valence-electron chi connectivity index (χ2n) is 7.90. The molecule has 2 unspecified atom stereocenters. The van der Waals surface area contributed by atoms with E-state index in [9.17, 15) is 14.4 Å². The molecule has 0 bridgehead atoms. The summed E-state index contributed by atoms with van der Waals surface area (Å²) in [4.78, 5) is 38.7. The monoisotopic (exact) mass is 538 g/mol. The summed E-state index contributed by atoms with van der Waals surface area (Å²) >= 11 is 3.39. The van der Waals surface area contributed by atoms with Crippen molar-refractivity contribution in [1.29, 1.82) is 0 Å². The third-order valence-corrected chi connectivity index (χ3v) is 6.21. The fraction of sp³-hybridized carbons (Fsp3) is 0.222. The van der Waals surface area contributed by atoms with Crippen molar-refractivity contribution in [3.63, 3.8) is 0 Å². The molecule has 0 amide bonds. The first kappa shape index (κ1) is 24.6. The highest BCUT2D eigenvalue weighted by Gasteiger charge is 2.50. The molecule has 1 heterocycles. The number of ether oxygens (including phenoxy) is 4. The van der Waals surface area contributed by atoms with Crippen molar-refractivity contribution in [3.8, 4) is 0 Å². The fourth-order valence-corrected chi connectivity index (χ4v) is 4.43. The summed E-state index contributed by atoms with van der Waals surface area (Å²) in [5.41, 5.74) is 0.947. The van der Waals surface area contributed by atoms with Crippen LogP contribution in [-0.2, 0) is 18.9 Å². The molecule has 1 aliphatic rings. The molecule has 0 saturated carbocycles. The summed E-state index contributed by atoms with van der Waals surface area (Å²) in [6.07, 6.45) is -3.96. The quantitative estimate of drug-likeness (QED) is 0.253. The number of rotatable bonds is 6. The summed E-state index contributed by atoms with van der Waals surface area (Å²) in [6.45, 7) is 1.69. The van der Waals surface area contributed by atoms with E-state index in [-0.39, 0.29) is 0 Å². The molecule has 1 saturated heterocycles. The molecule has 0 radical (unpaired) electrons. The van der Waals surface area contributed by atoms with Crippen LogP contribution in [0.2, 0.25) is 0 Å². The van der Waals surface area contributed by atoms with Gasteiger partial charge < -0.3 is 18.9 Å². The van der Waals surface area contributed by atoms with Gasteiger partial charge in [0.15, 0.2) is 23.3 Å². The average Bonchev–Trinajstić information content (AvgIpc) is 2.89. The van der Waals surface area contributed by atoms with Crippen molar-refractivity contribution in [2.45, 2.75) is 36.4 Å². The molecule has 1 fully saturated rings. The van der Waals surface area contributed by atoms with Gasteiger partial charge in [-0.1, -0.05) is 70.5 Å². The van der Waals surface area contributed by atoms with Crippen LogP contribution in [0.5, 0.6) is 0 Å². The molecule has 35 heavy (non-hydrogen) atoms. The summed E-state index contributed by atoms with van der Waals surface area (Å²) in [5.74, 6) is -1.90. The van der Waals surface area contributed by atoms with E-state index in [2.05, 4.69) is 15.9 Å². The van der Waals surface area contributed by atoms with Gasteiger partial charge in [-0.15, -0.1) is 0 Å². The maximum absolute atomic E-state index is 13.0. The number of benzene rings is 3. The third kappa shape index (κ3) is 5.96. The Hall–Kier alpha value is -3.49. The Morgan fingerprint density at radius 3 is 1.34 bits per heavy atom. The molecular weight excluding hydrogens is 516 g/mol. The Bertz CT molecular complexity index is 1090. The van der Waals surface area contributed by atoms with Gasteiger partial charge in [0, 0.05) is 0 Å². The summed E-state index contributed by atoms with van der Waals surface area (Å²) in [7, 11) is 0. The lowest BCUT2D eigenvalue weighted by atomic mass is 9.99. The molecule has 1 aliphatic heterocycles. The maximum atomic E-state index is 13.0. The zero-order chi connectivity index (χ0) is 24.8.